The molecule has 1 aliphatic heterocycles. The number of para-hydroxylation sites is 1. The summed E-state index contributed by atoms with van der Waals surface area (Å²) >= 11 is 0. The van der Waals surface area contributed by atoms with Crippen LogP contribution in [0.5, 0.6) is 11.5 Å². The fraction of sp³-hybridized carbons (Fsp3) is 0.0714. The van der Waals surface area contributed by atoms with Crippen molar-refractivity contribution in [2.24, 2.45) is 0 Å². The second-order valence-corrected chi connectivity index (χ2v) is 16.4. The highest BCUT2D eigenvalue weighted by atomic mass is 16.5. The minimum atomic E-state index is -0.609. The third-order valence-corrected chi connectivity index (χ3v) is 13.1. The summed E-state index contributed by atoms with van der Waals surface area (Å²) in [4.78, 5) is 2.47. The van der Waals surface area contributed by atoms with Crippen LogP contribution < -0.4 is 9.64 Å². The second-order valence-electron chi connectivity index (χ2n) is 16.4. The number of ether oxygens (including phenoxy) is 1. The highest BCUT2D eigenvalue weighted by Gasteiger charge is 2.51. The zero-order chi connectivity index (χ0) is 38.6. The molecule has 12 rings (SSSR count). The van der Waals surface area contributed by atoms with Crippen molar-refractivity contribution in [3.63, 3.8) is 0 Å². The van der Waals surface area contributed by atoms with E-state index in [1.54, 1.807) is 0 Å². The van der Waals surface area contributed by atoms with E-state index in [9.17, 15) is 0 Å². The lowest BCUT2D eigenvalue weighted by molar-refractivity contribution is 0.437. The van der Waals surface area contributed by atoms with E-state index < -0.39 is 5.41 Å². The summed E-state index contributed by atoms with van der Waals surface area (Å²) in [6.45, 7) is 4.72. The Balaban J connectivity index is 1.15. The van der Waals surface area contributed by atoms with Crippen molar-refractivity contribution >= 4 is 27.8 Å². The first kappa shape index (κ1) is 33.0. The molecule has 0 aromatic heterocycles. The molecule has 2 aliphatic carbocycles. The molecule has 0 bridgehead atoms. The van der Waals surface area contributed by atoms with Crippen molar-refractivity contribution in [1.82, 2.24) is 0 Å². The van der Waals surface area contributed by atoms with Gasteiger partial charge in [-0.3, -0.25) is 0 Å². The summed E-state index contributed by atoms with van der Waals surface area (Å²) in [5, 5.41) is 2.37. The van der Waals surface area contributed by atoms with Crippen LogP contribution in [-0.4, -0.2) is 0 Å². The molecule has 0 amide bonds. The normalized spacial score (nSPS) is 14.4. The quantitative estimate of drug-likeness (QED) is 0.178. The standard InChI is InChI=1S/C56H39NO/c1-55(2)46-24-12-8-21-42(46)45-30-28-39(34-49(45)55)57(52-27-15-11-20-41(52)36-16-4-3-5-17-36)40-29-31-53-51(35-40)56(50-32-37-18-6-7-19-38(37)33-54(50)58-53)47-25-13-9-22-43(47)44-23-10-14-26-48(44)56/h3-35H,1-2H3. The molecular formula is C56H39NO. The lowest BCUT2D eigenvalue weighted by atomic mass is 9.65. The van der Waals surface area contributed by atoms with E-state index in [-0.39, 0.29) is 5.41 Å². The molecule has 0 N–H and O–H groups in total. The molecule has 1 spiro atoms. The van der Waals surface area contributed by atoms with E-state index >= 15 is 0 Å². The fourth-order valence-corrected chi connectivity index (χ4v) is 10.5. The Morgan fingerprint density at radius 2 is 0.862 bits per heavy atom. The highest BCUT2D eigenvalue weighted by molar-refractivity contribution is 5.95. The molecule has 3 aliphatic rings. The molecule has 274 valence electrons. The minimum absolute atomic E-state index is 0.149. The van der Waals surface area contributed by atoms with E-state index in [0.717, 1.165) is 34.1 Å². The van der Waals surface area contributed by atoms with Crippen LogP contribution in [0.15, 0.2) is 200 Å². The van der Waals surface area contributed by atoms with Crippen LogP contribution in [0.3, 0.4) is 0 Å². The number of nitrogens with zero attached hydrogens (tertiary/aromatic N) is 1. The Hall–Kier alpha value is -7.16. The molecule has 2 heteroatoms. The molecular weight excluding hydrogens is 703 g/mol. The number of benzene rings is 9. The first-order chi connectivity index (χ1) is 28.5. The third-order valence-electron chi connectivity index (χ3n) is 13.1. The number of rotatable bonds is 4. The molecule has 0 unspecified atom stereocenters. The van der Waals surface area contributed by atoms with Gasteiger partial charge in [0.05, 0.1) is 11.1 Å². The smallest absolute Gasteiger partial charge is 0.132 e. The third kappa shape index (κ3) is 4.49. The molecule has 0 atom stereocenters. The van der Waals surface area contributed by atoms with E-state index in [0.29, 0.717) is 0 Å². The van der Waals surface area contributed by atoms with Gasteiger partial charge in [-0.15, -0.1) is 0 Å². The van der Waals surface area contributed by atoms with Gasteiger partial charge in [-0.05, 0) is 109 Å². The van der Waals surface area contributed by atoms with Crippen LogP contribution in [0, 0.1) is 0 Å². The van der Waals surface area contributed by atoms with Gasteiger partial charge in [0.2, 0.25) is 0 Å². The van der Waals surface area contributed by atoms with Crippen molar-refractivity contribution in [2.45, 2.75) is 24.7 Å². The van der Waals surface area contributed by atoms with Crippen molar-refractivity contribution in [2.75, 3.05) is 4.90 Å². The van der Waals surface area contributed by atoms with Crippen LogP contribution in [0.1, 0.15) is 47.2 Å². The van der Waals surface area contributed by atoms with E-state index in [4.69, 9.17) is 4.74 Å². The molecule has 0 fully saturated rings. The Kier molecular flexibility index (Phi) is 6.93. The Labute approximate surface area is 339 Å². The highest BCUT2D eigenvalue weighted by Crippen LogP contribution is 2.63. The molecule has 1 heterocycles. The predicted octanol–water partition coefficient (Wildman–Crippen LogP) is 14.8. The van der Waals surface area contributed by atoms with Gasteiger partial charge >= 0.3 is 0 Å². The number of anilines is 3. The zero-order valence-electron chi connectivity index (χ0n) is 32.4. The first-order valence-corrected chi connectivity index (χ1v) is 20.3. The average Bonchev–Trinajstić information content (AvgIpc) is 3.69. The summed E-state index contributed by atoms with van der Waals surface area (Å²) in [5.74, 6) is 1.78. The summed E-state index contributed by atoms with van der Waals surface area (Å²) < 4.78 is 7.05. The average molecular weight is 742 g/mol. The van der Waals surface area contributed by atoms with E-state index in [1.165, 1.54) is 72.0 Å². The van der Waals surface area contributed by atoms with Crippen molar-refractivity contribution in [1.29, 1.82) is 0 Å². The van der Waals surface area contributed by atoms with Gasteiger partial charge in [0, 0.05) is 33.5 Å². The van der Waals surface area contributed by atoms with Gasteiger partial charge in [0.1, 0.15) is 11.5 Å². The van der Waals surface area contributed by atoms with Crippen molar-refractivity contribution in [3.05, 3.63) is 234 Å². The van der Waals surface area contributed by atoms with Gasteiger partial charge < -0.3 is 9.64 Å². The number of fused-ring (bicyclic) bond motifs is 13. The van der Waals surface area contributed by atoms with Gasteiger partial charge in [0.15, 0.2) is 0 Å². The molecule has 2 nitrogen and oxygen atoms in total. The summed E-state index contributed by atoms with van der Waals surface area (Å²) in [5.41, 5.74) is 17.6. The van der Waals surface area contributed by atoms with E-state index in [1.807, 2.05) is 0 Å². The van der Waals surface area contributed by atoms with Gasteiger partial charge in [-0.25, -0.2) is 0 Å². The van der Waals surface area contributed by atoms with Gasteiger partial charge in [-0.1, -0.05) is 166 Å². The maximum absolute atomic E-state index is 7.05. The SMILES string of the molecule is CC1(C)c2ccccc2-c2ccc(N(c3ccc4c(c3)C3(c5cc6ccccc6cc5O4)c4ccccc4-c4ccccc43)c3ccccc3-c3ccccc3)cc21. The zero-order valence-corrected chi connectivity index (χ0v) is 32.4. The Morgan fingerprint density at radius 1 is 0.362 bits per heavy atom. The molecule has 9 aromatic carbocycles. The molecule has 0 radical (unpaired) electrons. The van der Waals surface area contributed by atoms with Crippen LogP contribution in [-0.2, 0) is 10.8 Å². The van der Waals surface area contributed by atoms with Crippen LogP contribution >= 0.6 is 0 Å². The molecule has 9 aromatic rings. The molecule has 0 saturated heterocycles. The van der Waals surface area contributed by atoms with Crippen molar-refractivity contribution < 1.29 is 4.74 Å². The topological polar surface area (TPSA) is 12.5 Å². The van der Waals surface area contributed by atoms with Crippen LogP contribution in [0.2, 0.25) is 0 Å². The fourth-order valence-electron chi connectivity index (χ4n) is 10.5. The lowest BCUT2D eigenvalue weighted by Gasteiger charge is -2.40. The van der Waals surface area contributed by atoms with Crippen LogP contribution in [0.4, 0.5) is 17.1 Å². The van der Waals surface area contributed by atoms with Gasteiger partial charge in [0.25, 0.3) is 0 Å². The number of hydrogen-bond donors (Lipinski definition) is 0. The molecule has 0 saturated carbocycles. The second kappa shape index (κ2) is 12.2. The largest absolute Gasteiger partial charge is 0.457 e. The monoisotopic (exact) mass is 741 g/mol. The summed E-state index contributed by atoms with van der Waals surface area (Å²) in [7, 11) is 0. The Morgan fingerprint density at radius 3 is 1.57 bits per heavy atom. The maximum Gasteiger partial charge on any atom is 0.132 e. The first-order valence-electron chi connectivity index (χ1n) is 20.3. The molecule has 58 heavy (non-hydrogen) atoms. The lowest BCUT2D eigenvalue weighted by Crippen LogP contribution is -2.32. The summed E-state index contributed by atoms with van der Waals surface area (Å²) in [6.07, 6.45) is 0. The predicted molar refractivity (Wildman–Crippen MR) is 239 cm³/mol. The van der Waals surface area contributed by atoms with Crippen LogP contribution in [0.25, 0.3) is 44.2 Å². The summed E-state index contributed by atoms with van der Waals surface area (Å²) in [6, 6.07) is 73.6. The van der Waals surface area contributed by atoms with Gasteiger partial charge in [-0.2, -0.15) is 0 Å². The van der Waals surface area contributed by atoms with Crippen molar-refractivity contribution in [3.8, 4) is 44.9 Å². The maximum atomic E-state index is 7.05. The van der Waals surface area contributed by atoms with E-state index in [2.05, 4.69) is 219 Å². The Bertz CT molecular complexity index is 3090. The number of hydrogen-bond acceptors (Lipinski definition) is 2. The minimum Gasteiger partial charge on any atom is -0.457 e.